The van der Waals surface area contributed by atoms with Crippen LogP contribution in [0.25, 0.3) is 0 Å². The fourth-order valence-corrected chi connectivity index (χ4v) is 1.90. The van der Waals surface area contributed by atoms with Gasteiger partial charge in [0, 0.05) is 18.3 Å². The highest BCUT2D eigenvalue weighted by molar-refractivity contribution is 5.89. The molecule has 1 aromatic rings. The third kappa shape index (κ3) is 2.64. The van der Waals surface area contributed by atoms with Crippen LogP contribution in [0, 0.1) is 0 Å². The molecule has 0 saturated heterocycles. The van der Waals surface area contributed by atoms with Gasteiger partial charge in [-0.05, 0) is 11.6 Å². The van der Waals surface area contributed by atoms with Crippen molar-refractivity contribution in [1.82, 2.24) is 0 Å². The number of carboxylic acids is 1. The van der Waals surface area contributed by atoms with E-state index in [2.05, 4.69) is 0 Å². The number of hydrogen-bond acceptors (Lipinski definition) is 2. The maximum absolute atomic E-state index is 12.4. The Balaban J connectivity index is 2.39. The molecular weight excluding hydrogens is 247 g/mol. The molecule has 1 aliphatic heterocycles. The maximum Gasteiger partial charge on any atom is 0.406 e. The van der Waals surface area contributed by atoms with Crippen LogP contribution in [0.3, 0.4) is 0 Å². The summed E-state index contributed by atoms with van der Waals surface area (Å²) in [6, 6.07) is 6.49. The lowest BCUT2D eigenvalue weighted by Gasteiger charge is -2.28. The first kappa shape index (κ1) is 12.5. The van der Waals surface area contributed by atoms with E-state index in [0.29, 0.717) is 11.3 Å². The van der Waals surface area contributed by atoms with Gasteiger partial charge >= 0.3 is 12.1 Å². The van der Waals surface area contributed by atoms with Gasteiger partial charge in [0.25, 0.3) is 0 Å². The van der Waals surface area contributed by atoms with E-state index in [1.54, 1.807) is 24.3 Å². The smallest absolute Gasteiger partial charge is 0.406 e. The molecule has 0 spiro atoms. The molecule has 0 aromatic heterocycles. The van der Waals surface area contributed by atoms with Crippen LogP contribution < -0.4 is 4.90 Å². The van der Waals surface area contributed by atoms with Crippen LogP contribution in [0.1, 0.15) is 5.56 Å². The van der Waals surface area contributed by atoms with Gasteiger partial charge in [0.1, 0.15) is 6.54 Å². The Morgan fingerprint density at radius 3 is 2.61 bits per heavy atom. The number of fused-ring (bicyclic) bond motifs is 1. The molecule has 0 fully saturated rings. The Hall–Kier alpha value is -1.98. The summed E-state index contributed by atoms with van der Waals surface area (Å²) in [6.07, 6.45) is -3.19. The fraction of sp³-hybridized carbons (Fsp3) is 0.250. The van der Waals surface area contributed by atoms with Gasteiger partial charge in [0.05, 0.1) is 5.57 Å². The molecule has 0 atom stereocenters. The van der Waals surface area contributed by atoms with Gasteiger partial charge in [-0.3, -0.25) is 0 Å². The highest BCUT2D eigenvalue weighted by atomic mass is 19.4. The molecule has 1 aromatic carbocycles. The fourth-order valence-electron chi connectivity index (χ4n) is 1.90. The van der Waals surface area contributed by atoms with Gasteiger partial charge in [-0.1, -0.05) is 18.2 Å². The number of aliphatic carboxylic acids is 1. The van der Waals surface area contributed by atoms with Crippen LogP contribution in [0.4, 0.5) is 18.9 Å². The first-order valence-corrected chi connectivity index (χ1v) is 5.22. The average Bonchev–Trinajstić information content (AvgIpc) is 2.26. The van der Waals surface area contributed by atoms with E-state index in [0.717, 1.165) is 11.1 Å². The number of benzene rings is 1. The number of anilines is 1. The van der Waals surface area contributed by atoms with Crippen molar-refractivity contribution in [3.05, 3.63) is 41.6 Å². The summed E-state index contributed by atoms with van der Waals surface area (Å²) in [5.74, 6) is -1.20. The second-order valence-electron chi connectivity index (χ2n) is 4.01. The van der Waals surface area contributed by atoms with Crippen LogP contribution in [-0.4, -0.2) is 23.8 Å². The number of nitrogens with zero attached hydrogens (tertiary/aromatic N) is 1. The number of halogens is 3. The maximum atomic E-state index is 12.4. The Bertz CT molecular complexity index is 508. The second kappa shape index (κ2) is 4.36. The molecule has 2 rings (SSSR count). The van der Waals surface area contributed by atoms with Crippen molar-refractivity contribution in [3.63, 3.8) is 0 Å². The Kier molecular flexibility index (Phi) is 3.02. The number of rotatable bonds is 2. The highest BCUT2D eigenvalue weighted by Crippen LogP contribution is 2.31. The first-order valence-electron chi connectivity index (χ1n) is 5.22. The zero-order chi connectivity index (χ0) is 13.3. The molecule has 1 heterocycles. The minimum Gasteiger partial charge on any atom is -0.478 e. The predicted octanol–water partition coefficient (Wildman–Crippen LogP) is 2.58. The van der Waals surface area contributed by atoms with Crippen LogP contribution in [0.15, 0.2) is 36.0 Å². The third-order valence-electron chi connectivity index (χ3n) is 2.62. The van der Waals surface area contributed by atoms with Crippen molar-refractivity contribution < 1.29 is 23.1 Å². The van der Waals surface area contributed by atoms with Crippen LogP contribution in [0.2, 0.25) is 0 Å². The van der Waals surface area contributed by atoms with Gasteiger partial charge < -0.3 is 10.0 Å². The lowest BCUT2D eigenvalue weighted by molar-refractivity contribution is -0.133. The lowest BCUT2D eigenvalue weighted by Crippen LogP contribution is -2.33. The number of carboxylic acid groups (broad SMARTS) is 1. The van der Waals surface area contributed by atoms with Gasteiger partial charge in [0.2, 0.25) is 0 Å². The predicted molar refractivity (Wildman–Crippen MR) is 59.3 cm³/mol. The topological polar surface area (TPSA) is 40.5 Å². The van der Waals surface area contributed by atoms with Crippen LogP contribution >= 0.6 is 0 Å². The summed E-state index contributed by atoms with van der Waals surface area (Å²) in [5, 5.41) is 8.90. The molecular formula is C12H10F3NO2. The molecule has 1 N–H and O–H groups in total. The second-order valence-corrected chi connectivity index (χ2v) is 4.01. The summed E-state index contributed by atoms with van der Waals surface area (Å²) >= 11 is 0. The van der Waals surface area contributed by atoms with Crippen LogP contribution in [-0.2, 0) is 11.2 Å². The summed E-state index contributed by atoms with van der Waals surface area (Å²) in [5.41, 5.74) is 0.944. The van der Waals surface area contributed by atoms with E-state index < -0.39 is 18.7 Å². The van der Waals surface area contributed by atoms with E-state index in [1.165, 1.54) is 0 Å². The monoisotopic (exact) mass is 257 g/mol. The minimum absolute atomic E-state index is 0.0436. The zero-order valence-electron chi connectivity index (χ0n) is 9.24. The zero-order valence-corrected chi connectivity index (χ0v) is 9.24. The molecule has 0 bridgehead atoms. The van der Waals surface area contributed by atoms with Gasteiger partial charge in [-0.15, -0.1) is 0 Å². The summed E-state index contributed by atoms with van der Waals surface area (Å²) in [6.45, 7) is -1.19. The molecule has 18 heavy (non-hydrogen) atoms. The molecule has 0 amide bonds. The van der Waals surface area contributed by atoms with E-state index in [1.807, 2.05) is 0 Å². The largest absolute Gasteiger partial charge is 0.478 e. The van der Waals surface area contributed by atoms with Crippen molar-refractivity contribution >= 4 is 11.7 Å². The lowest BCUT2D eigenvalue weighted by atomic mass is 9.99. The quantitative estimate of drug-likeness (QED) is 0.885. The molecule has 0 saturated carbocycles. The third-order valence-corrected chi connectivity index (χ3v) is 2.62. The van der Waals surface area contributed by atoms with Crippen molar-refractivity contribution in [2.45, 2.75) is 12.6 Å². The standard InChI is InChI=1S/C12H10F3NO2/c13-12(14,15)7-16-6-9(11(17)18)5-8-3-1-2-4-10(8)16/h1-4,6H,5,7H2,(H,17,18). The average molecular weight is 257 g/mol. The van der Waals surface area contributed by atoms with E-state index >= 15 is 0 Å². The van der Waals surface area contributed by atoms with Gasteiger partial charge in [-0.2, -0.15) is 13.2 Å². The van der Waals surface area contributed by atoms with E-state index in [9.17, 15) is 18.0 Å². The molecule has 0 unspecified atom stereocenters. The molecule has 0 aliphatic carbocycles. The number of carbonyl (C=O) groups is 1. The van der Waals surface area contributed by atoms with Gasteiger partial charge in [-0.25, -0.2) is 4.79 Å². The Labute approximate surface area is 101 Å². The number of para-hydroxylation sites is 1. The number of alkyl halides is 3. The molecule has 6 heteroatoms. The molecule has 1 aliphatic rings. The molecule has 0 radical (unpaired) electrons. The minimum atomic E-state index is -4.38. The Morgan fingerprint density at radius 2 is 2.00 bits per heavy atom. The SMILES string of the molecule is O=C(O)C1=CN(CC(F)(F)F)c2ccccc2C1. The van der Waals surface area contributed by atoms with Crippen molar-refractivity contribution in [2.24, 2.45) is 0 Å². The summed E-state index contributed by atoms with van der Waals surface area (Å²) < 4.78 is 37.3. The molecule has 3 nitrogen and oxygen atoms in total. The normalized spacial score (nSPS) is 15.1. The van der Waals surface area contributed by atoms with Crippen molar-refractivity contribution in [2.75, 3.05) is 11.4 Å². The highest BCUT2D eigenvalue weighted by Gasteiger charge is 2.33. The number of hydrogen-bond donors (Lipinski definition) is 1. The van der Waals surface area contributed by atoms with E-state index in [4.69, 9.17) is 5.11 Å². The van der Waals surface area contributed by atoms with E-state index in [-0.39, 0.29) is 12.0 Å². The van der Waals surface area contributed by atoms with Crippen LogP contribution in [0.5, 0.6) is 0 Å². The molecule has 96 valence electrons. The van der Waals surface area contributed by atoms with Gasteiger partial charge in [0.15, 0.2) is 0 Å². The summed E-state index contributed by atoms with van der Waals surface area (Å²) in [4.78, 5) is 11.8. The Morgan fingerprint density at radius 1 is 1.33 bits per heavy atom. The van der Waals surface area contributed by atoms with Crippen molar-refractivity contribution in [3.8, 4) is 0 Å². The first-order chi connectivity index (χ1) is 8.37. The van der Waals surface area contributed by atoms with Crippen molar-refractivity contribution in [1.29, 1.82) is 0 Å². The summed E-state index contributed by atoms with van der Waals surface area (Å²) in [7, 11) is 0.